The molecule has 0 saturated carbocycles. The maximum atomic E-state index is 12.4. The third-order valence-electron chi connectivity index (χ3n) is 4.00. The Morgan fingerprint density at radius 1 is 1.22 bits per heavy atom. The lowest BCUT2D eigenvalue weighted by Gasteiger charge is -2.34. The highest BCUT2D eigenvalue weighted by Crippen LogP contribution is 2.13. The summed E-state index contributed by atoms with van der Waals surface area (Å²) in [7, 11) is 0. The predicted octanol–water partition coefficient (Wildman–Crippen LogP) is 1.41. The summed E-state index contributed by atoms with van der Waals surface area (Å²) in [5, 5.41) is 0. The lowest BCUT2D eigenvalue weighted by atomic mass is 10.1. The smallest absolute Gasteiger partial charge is 0.409 e. The second-order valence-electron chi connectivity index (χ2n) is 5.50. The fourth-order valence-corrected chi connectivity index (χ4v) is 2.73. The van der Waals surface area contributed by atoms with Crippen LogP contribution in [0.4, 0.5) is 4.79 Å². The molecule has 1 aromatic carbocycles. The molecule has 0 unspecified atom stereocenters. The number of nitrogens with zero attached hydrogens (tertiary/aromatic N) is 3. The molecule has 1 saturated heterocycles. The fraction of sp³-hybridized carbons (Fsp3) is 0.438. The van der Waals surface area contributed by atoms with Gasteiger partial charge in [0.15, 0.2) is 0 Å². The van der Waals surface area contributed by atoms with E-state index in [9.17, 15) is 9.59 Å². The van der Waals surface area contributed by atoms with E-state index in [0.29, 0.717) is 39.2 Å². The SMILES string of the molecule is CCOC(=O)N1CCN(C(=O)Cc2ccc3nc[nH]c3c2)CC1. The van der Waals surface area contributed by atoms with Crippen LogP contribution in [-0.2, 0) is 16.0 Å². The van der Waals surface area contributed by atoms with E-state index in [1.807, 2.05) is 18.2 Å². The van der Waals surface area contributed by atoms with Gasteiger partial charge in [0.1, 0.15) is 0 Å². The highest BCUT2D eigenvalue weighted by Gasteiger charge is 2.24. The Morgan fingerprint density at radius 2 is 1.96 bits per heavy atom. The molecule has 3 rings (SSSR count). The second kappa shape index (κ2) is 6.68. The van der Waals surface area contributed by atoms with Crippen molar-refractivity contribution < 1.29 is 14.3 Å². The summed E-state index contributed by atoms with van der Waals surface area (Å²) in [5.74, 6) is 0.0763. The van der Waals surface area contributed by atoms with Crippen molar-refractivity contribution in [3.8, 4) is 0 Å². The van der Waals surface area contributed by atoms with Crippen molar-refractivity contribution in [1.82, 2.24) is 19.8 Å². The standard InChI is InChI=1S/C16H20N4O3/c1-2-23-16(22)20-7-5-19(6-8-20)15(21)10-12-3-4-13-14(9-12)18-11-17-13/h3-4,9,11H,2,5-8,10H2,1H3,(H,17,18). The molecule has 0 radical (unpaired) electrons. The van der Waals surface area contributed by atoms with Crippen LogP contribution < -0.4 is 0 Å². The number of ether oxygens (including phenoxy) is 1. The third-order valence-corrected chi connectivity index (χ3v) is 4.00. The minimum absolute atomic E-state index is 0.0763. The minimum atomic E-state index is -0.302. The Bertz CT molecular complexity index is 704. The van der Waals surface area contributed by atoms with Crippen molar-refractivity contribution in [2.75, 3.05) is 32.8 Å². The Labute approximate surface area is 134 Å². The van der Waals surface area contributed by atoms with Crippen LogP contribution in [0.1, 0.15) is 12.5 Å². The number of benzene rings is 1. The molecular formula is C16H20N4O3. The van der Waals surface area contributed by atoms with Gasteiger partial charge in [-0.2, -0.15) is 0 Å². The van der Waals surface area contributed by atoms with Gasteiger partial charge in [0.25, 0.3) is 0 Å². The third kappa shape index (κ3) is 3.44. The van der Waals surface area contributed by atoms with E-state index in [1.165, 1.54) is 0 Å². The Kier molecular flexibility index (Phi) is 4.45. The molecule has 1 fully saturated rings. The van der Waals surface area contributed by atoms with Crippen LogP contribution in [0, 0.1) is 0 Å². The lowest BCUT2D eigenvalue weighted by molar-refractivity contribution is -0.132. The average molecular weight is 316 g/mol. The molecule has 2 amide bonds. The van der Waals surface area contributed by atoms with Gasteiger partial charge in [0.2, 0.25) is 5.91 Å². The van der Waals surface area contributed by atoms with Crippen molar-refractivity contribution in [3.63, 3.8) is 0 Å². The van der Waals surface area contributed by atoms with Gasteiger partial charge < -0.3 is 19.5 Å². The molecule has 1 N–H and O–H groups in total. The number of H-pyrrole nitrogens is 1. The molecule has 2 aromatic rings. The van der Waals surface area contributed by atoms with Gasteiger partial charge in [-0.15, -0.1) is 0 Å². The van der Waals surface area contributed by atoms with Crippen molar-refractivity contribution in [3.05, 3.63) is 30.1 Å². The maximum absolute atomic E-state index is 12.4. The molecule has 0 atom stereocenters. The van der Waals surface area contributed by atoms with Crippen LogP contribution in [0.5, 0.6) is 0 Å². The molecule has 122 valence electrons. The van der Waals surface area contributed by atoms with Crippen LogP contribution in [-0.4, -0.2) is 64.6 Å². The Morgan fingerprint density at radius 3 is 2.70 bits per heavy atom. The number of aromatic nitrogens is 2. The number of carbonyl (C=O) groups is 2. The number of carbonyl (C=O) groups excluding carboxylic acids is 2. The van der Waals surface area contributed by atoms with Crippen LogP contribution >= 0.6 is 0 Å². The summed E-state index contributed by atoms with van der Waals surface area (Å²) >= 11 is 0. The number of fused-ring (bicyclic) bond motifs is 1. The van der Waals surface area contributed by atoms with Gasteiger partial charge >= 0.3 is 6.09 Å². The zero-order chi connectivity index (χ0) is 16.2. The molecule has 0 bridgehead atoms. The number of piperazine rings is 1. The van der Waals surface area contributed by atoms with Crippen LogP contribution in [0.25, 0.3) is 11.0 Å². The molecule has 23 heavy (non-hydrogen) atoms. The van der Waals surface area contributed by atoms with Gasteiger partial charge in [-0.05, 0) is 24.6 Å². The van der Waals surface area contributed by atoms with E-state index in [2.05, 4.69) is 9.97 Å². The van der Waals surface area contributed by atoms with Gasteiger partial charge in [-0.1, -0.05) is 6.07 Å². The largest absolute Gasteiger partial charge is 0.450 e. The second-order valence-corrected chi connectivity index (χ2v) is 5.50. The number of nitrogens with one attached hydrogen (secondary N) is 1. The molecule has 7 nitrogen and oxygen atoms in total. The van der Waals surface area contributed by atoms with Crippen molar-refractivity contribution in [1.29, 1.82) is 0 Å². The highest BCUT2D eigenvalue weighted by atomic mass is 16.6. The molecule has 0 aliphatic carbocycles. The topological polar surface area (TPSA) is 78.5 Å². The molecule has 1 aromatic heterocycles. The lowest BCUT2D eigenvalue weighted by Crippen LogP contribution is -2.51. The number of imidazole rings is 1. The fourth-order valence-electron chi connectivity index (χ4n) is 2.73. The first-order chi connectivity index (χ1) is 11.2. The number of amides is 2. The van der Waals surface area contributed by atoms with E-state index >= 15 is 0 Å². The molecule has 1 aliphatic heterocycles. The molecule has 0 spiro atoms. The van der Waals surface area contributed by atoms with Gasteiger partial charge in [-0.3, -0.25) is 4.79 Å². The Hall–Kier alpha value is -2.57. The number of hydrogen-bond acceptors (Lipinski definition) is 4. The molecular weight excluding hydrogens is 296 g/mol. The molecule has 2 heterocycles. The first kappa shape index (κ1) is 15.3. The van der Waals surface area contributed by atoms with Crippen molar-refractivity contribution in [2.45, 2.75) is 13.3 Å². The van der Waals surface area contributed by atoms with Gasteiger partial charge in [0.05, 0.1) is 30.4 Å². The quantitative estimate of drug-likeness (QED) is 0.928. The van der Waals surface area contributed by atoms with E-state index < -0.39 is 0 Å². The molecule has 7 heteroatoms. The summed E-state index contributed by atoms with van der Waals surface area (Å²) < 4.78 is 4.98. The average Bonchev–Trinajstić information content (AvgIpc) is 3.03. The normalized spacial score (nSPS) is 15.0. The van der Waals surface area contributed by atoms with E-state index in [-0.39, 0.29) is 12.0 Å². The van der Waals surface area contributed by atoms with Crippen molar-refractivity contribution in [2.24, 2.45) is 0 Å². The monoisotopic (exact) mass is 316 g/mol. The van der Waals surface area contributed by atoms with Crippen LogP contribution in [0.3, 0.4) is 0 Å². The van der Waals surface area contributed by atoms with Crippen LogP contribution in [0.2, 0.25) is 0 Å². The van der Waals surface area contributed by atoms with Crippen LogP contribution in [0.15, 0.2) is 24.5 Å². The van der Waals surface area contributed by atoms with Crippen molar-refractivity contribution >= 4 is 23.0 Å². The first-order valence-electron chi connectivity index (χ1n) is 7.79. The van der Waals surface area contributed by atoms with E-state index in [0.717, 1.165) is 16.6 Å². The summed E-state index contributed by atoms with van der Waals surface area (Å²) in [5.41, 5.74) is 2.78. The van der Waals surface area contributed by atoms with Gasteiger partial charge in [-0.25, -0.2) is 9.78 Å². The summed E-state index contributed by atoms with van der Waals surface area (Å²) in [4.78, 5) is 34.7. The summed E-state index contributed by atoms with van der Waals surface area (Å²) in [6.45, 7) is 4.28. The highest BCUT2D eigenvalue weighted by molar-refractivity contribution is 5.82. The summed E-state index contributed by atoms with van der Waals surface area (Å²) in [6, 6.07) is 5.79. The van der Waals surface area contributed by atoms with E-state index in [1.54, 1.807) is 23.1 Å². The minimum Gasteiger partial charge on any atom is -0.450 e. The zero-order valence-electron chi connectivity index (χ0n) is 13.1. The van der Waals surface area contributed by atoms with E-state index in [4.69, 9.17) is 4.74 Å². The summed E-state index contributed by atoms with van der Waals surface area (Å²) in [6.07, 6.45) is 1.70. The number of aromatic amines is 1. The molecule has 1 aliphatic rings. The Balaban J connectivity index is 1.56. The maximum Gasteiger partial charge on any atom is 0.409 e. The first-order valence-corrected chi connectivity index (χ1v) is 7.79. The predicted molar refractivity (Wildman–Crippen MR) is 85.0 cm³/mol. The van der Waals surface area contributed by atoms with Gasteiger partial charge in [0, 0.05) is 26.2 Å². The number of rotatable bonds is 3. The zero-order valence-corrected chi connectivity index (χ0v) is 13.1. The number of hydrogen-bond donors (Lipinski definition) is 1.